The smallest absolute Gasteiger partial charge is 0.203 e. The van der Waals surface area contributed by atoms with Crippen LogP contribution in [-0.2, 0) is 7.05 Å². The molecule has 3 N–H and O–H groups in total. The number of nitrogens with two attached hydrogens (primary N) is 1. The van der Waals surface area contributed by atoms with Gasteiger partial charge in [0.2, 0.25) is 5.95 Å². The van der Waals surface area contributed by atoms with E-state index in [0.717, 1.165) is 23.5 Å². The van der Waals surface area contributed by atoms with Crippen molar-refractivity contribution in [2.24, 2.45) is 12.8 Å². The number of nitrogens with one attached hydrogen (secondary N) is 1. The molecule has 0 aliphatic rings. The highest BCUT2D eigenvalue weighted by Gasteiger charge is 2.07. The first kappa shape index (κ1) is 11.0. The fourth-order valence-corrected chi connectivity index (χ4v) is 1.72. The highest BCUT2D eigenvalue weighted by molar-refractivity contribution is 5.79. The van der Waals surface area contributed by atoms with E-state index in [1.54, 1.807) is 0 Å². The molecule has 0 aliphatic carbocycles. The number of aryl methyl sites for hydroxylation is 2. The number of hydrogen-bond acceptors (Lipinski definition) is 3. The second-order valence-electron chi connectivity index (χ2n) is 4.34. The minimum Gasteiger partial charge on any atom is -0.354 e. The number of hydrogen-bond donors (Lipinski definition) is 2. The molecule has 1 aromatic carbocycles. The SMILES string of the molecule is Cc1ccc2c(c1)nc(NCC(C)N)n2C. The van der Waals surface area contributed by atoms with Gasteiger partial charge in [0.05, 0.1) is 11.0 Å². The van der Waals surface area contributed by atoms with Crippen LogP contribution in [0.4, 0.5) is 5.95 Å². The highest BCUT2D eigenvalue weighted by atomic mass is 15.2. The molecule has 0 radical (unpaired) electrons. The van der Waals surface area contributed by atoms with Crippen LogP contribution >= 0.6 is 0 Å². The average Bonchev–Trinajstić information content (AvgIpc) is 2.52. The van der Waals surface area contributed by atoms with E-state index in [4.69, 9.17) is 5.73 Å². The van der Waals surface area contributed by atoms with E-state index in [1.807, 2.05) is 14.0 Å². The van der Waals surface area contributed by atoms with Crippen LogP contribution in [0.5, 0.6) is 0 Å². The second kappa shape index (κ2) is 4.14. The molecule has 1 atom stereocenters. The third-order valence-corrected chi connectivity index (χ3v) is 2.62. The first-order valence-electron chi connectivity index (χ1n) is 5.50. The fourth-order valence-electron chi connectivity index (χ4n) is 1.72. The van der Waals surface area contributed by atoms with E-state index in [0.29, 0.717) is 0 Å². The predicted molar refractivity (Wildman–Crippen MR) is 67.6 cm³/mol. The maximum Gasteiger partial charge on any atom is 0.203 e. The van der Waals surface area contributed by atoms with Gasteiger partial charge in [-0.25, -0.2) is 4.98 Å². The molecule has 1 aromatic heterocycles. The Morgan fingerprint density at radius 2 is 2.25 bits per heavy atom. The quantitative estimate of drug-likeness (QED) is 0.823. The molecule has 0 bridgehead atoms. The Morgan fingerprint density at radius 1 is 1.50 bits per heavy atom. The van der Waals surface area contributed by atoms with Gasteiger partial charge in [-0.15, -0.1) is 0 Å². The maximum absolute atomic E-state index is 5.71. The van der Waals surface area contributed by atoms with Gasteiger partial charge in [-0.3, -0.25) is 0 Å². The Balaban J connectivity index is 2.36. The molecule has 1 unspecified atom stereocenters. The zero-order valence-electron chi connectivity index (χ0n) is 9.99. The number of aromatic nitrogens is 2. The van der Waals surface area contributed by atoms with Crippen molar-refractivity contribution < 1.29 is 0 Å². The lowest BCUT2D eigenvalue weighted by molar-refractivity contribution is 0.767. The van der Waals surface area contributed by atoms with Crippen LogP contribution in [0.25, 0.3) is 11.0 Å². The average molecular weight is 218 g/mol. The summed E-state index contributed by atoms with van der Waals surface area (Å²) in [5, 5.41) is 3.25. The first-order valence-corrected chi connectivity index (χ1v) is 5.50. The third-order valence-electron chi connectivity index (χ3n) is 2.62. The number of fused-ring (bicyclic) bond motifs is 1. The van der Waals surface area contributed by atoms with E-state index < -0.39 is 0 Å². The molecule has 1 heterocycles. The Bertz CT molecular complexity index is 499. The standard InChI is InChI=1S/C12H18N4/c1-8-4-5-11-10(6-8)15-12(16(11)3)14-7-9(2)13/h4-6,9H,7,13H2,1-3H3,(H,14,15). The molecule has 0 aliphatic heterocycles. The van der Waals surface area contributed by atoms with Gasteiger partial charge in [-0.05, 0) is 31.5 Å². The van der Waals surface area contributed by atoms with Crippen LogP contribution in [0, 0.1) is 6.92 Å². The van der Waals surface area contributed by atoms with Gasteiger partial charge in [0, 0.05) is 19.6 Å². The van der Waals surface area contributed by atoms with Gasteiger partial charge < -0.3 is 15.6 Å². The van der Waals surface area contributed by atoms with Crippen molar-refractivity contribution >= 4 is 17.0 Å². The van der Waals surface area contributed by atoms with Gasteiger partial charge in [-0.1, -0.05) is 6.07 Å². The van der Waals surface area contributed by atoms with Crippen LogP contribution in [-0.4, -0.2) is 22.1 Å². The Morgan fingerprint density at radius 3 is 2.94 bits per heavy atom. The summed E-state index contributed by atoms with van der Waals surface area (Å²) in [6.07, 6.45) is 0. The van der Waals surface area contributed by atoms with Crippen LogP contribution in [0.1, 0.15) is 12.5 Å². The molecule has 86 valence electrons. The fraction of sp³-hybridized carbons (Fsp3) is 0.417. The molecule has 0 amide bonds. The Kier molecular flexibility index (Phi) is 2.83. The van der Waals surface area contributed by atoms with Crippen molar-refractivity contribution in [2.45, 2.75) is 19.9 Å². The van der Waals surface area contributed by atoms with Crippen molar-refractivity contribution in [1.82, 2.24) is 9.55 Å². The summed E-state index contributed by atoms with van der Waals surface area (Å²) in [6, 6.07) is 6.40. The summed E-state index contributed by atoms with van der Waals surface area (Å²) in [4.78, 5) is 4.54. The molecule has 2 aromatic rings. The number of anilines is 1. The Labute approximate surface area is 95.5 Å². The molecule has 0 spiro atoms. The number of nitrogens with zero attached hydrogens (tertiary/aromatic N) is 2. The van der Waals surface area contributed by atoms with Crippen LogP contribution in [0.15, 0.2) is 18.2 Å². The first-order chi connectivity index (χ1) is 7.58. The van der Waals surface area contributed by atoms with Crippen molar-refractivity contribution in [2.75, 3.05) is 11.9 Å². The van der Waals surface area contributed by atoms with E-state index >= 15 is 0 Å². The molecule has 4 heteroatoms. The van der Waals surface area contributed by atoms with Gasteiger partial charge in [0.15, 0.2) is 0 Å². The molecule has 0 saturated carbocycles. The molecule has 4 nitrogen and oxygen atoms in total. The molecular formula is C12H18N4. The van der Waals surface area contributed by atoms with Gasteiger partial charge in [-0.2, -0.15) is 0 Å². The van der Waals surface area contributed by atoms with Crippen LogP contribution in [0.2, 0.25) is 0 Å². The summed E-state index contributed by atoms with van der Waals surface area (Å²) in [5.74, 6) is 0.873. The highest BCUT2D eigenvalue weighted by Crippen LogP contribution is 2.19. The van der Waals surface area contributed by atoms with Crippen LogP contribution < -0.4 is 11.1 Å². The number of benzene rings is 1. The minimum atomic E-state index is 0.126. The van der Waals surface area contributed by atoms with E-state index in [9.17, 15) is 0 Å². The predicted octanol–water partition coefficient (Wildman–Crippen LogP) is 1.64. The molecule has 0 fully saturated rings. The van der Waals surface area contributed by atoms with Gasteiger partial charge in [0.25, 0.3) is 0 Å². The normalized spacial score (nSPS) is 13.0. The van der Waals surface area contributed by atoms with Gasteiger partial charge >= 0.3 is 0 Å². The lowest BCUT2D eigenvalue weighted by Gasteiger charge is -2.08. The van der Waals surface area contributed by atoms with E-state index in [-0.39, 0.29) is 6.04 Å². The summed E-state index contributed by atoms with van der Waals surface area (Å²) in [5.41, 5.74) is 9.10. The lowest BCUT2D eigenvalue weighted by atomic mass is 10.2. The minimum absolute atomic E-state index is 0.126. The van der Waals surface area contributed by atoms with E-state index in [1.165, 1.54) is 5.56 Å². The molecule has 16 heavy (non-hydrogen) atoms. The number of imidazole rings is 1. The molecule has 0 saturated heterocycles. The van der Waals surface area contributed by atoms with Gasteiger partial charge in [0.1, 0.15) is 0 Å². The monoisotopic (exact) mass is 218 g/mol. The van der Waals surface area contributed by atoms with E-state index in [2.05, 4.69) is 40.0 Å². The Hall–Kier alpha value is -1.55. The summed E-state index contributed by atoms with van der Waals surface area (Å²) < 4.78 is 2.05. The van der Waals surface area contributed by atoms with Crippen molar-refractivity contribution in [3.8, 4) is 0 Å². The summed E-state index contributed by atoms with van der Waals surface area (Å²) in [6.45, 7) is 4.78. The largest absolute Gasteiger partial charge is 0.354 e. The number of rotatable bonds is 3. The molecule has 2 rings (SSSR count). The van der Waals surface area contributed by atoms with Crippen molar-refractivity contribution in [1.29, 1.82) is 0 Å². The van der Waals surface area contributed by atoms with Crippen molar-refractivity contribution in [3.05, 3.63) is 23.8 Å². The zero-order valence-corrected chi connectivity index (χ0v) is 9.99. The van der Waals surface area contributed by atoms with Crippen molar-refractivity contribution in [3.63, 3.8) is 0 Å². The summed E-state index contributed by atoms with van der Waals surface area (Å²) in [7, 11) is 2.01. The van der Waals surface area contributed by atoms with Crippen LogP contribution in [0.3, 0.4) is 0 Å². The topological polar surface area (TPSA) is 55.9 Å². The zero-order chi connectivity index (χ0) is 11.7. The summed E-state index contributed by atoms with van der Waals surface area (Å²) >= 11 is 0. The second-order valence-corrected chi connectivity index (χ2v) is 4.34. The maximum atomic E-state index is 5.71. The lowest BCUT2D eigenvalue weighted by Crippen LogP contribution is -2.26. The molecular weight excluding hydrogens is 200 g/mol. The third kappa shape index (κ3) is 2.02.